The maximum absolute atomic E-state index is 12.5. The van der Waals surface area contributed by atoms with Gasteiger partial charge in [0.2, 0.25) is 5.88 Å². The molecule has 132 valence electrons. The van der Waals surface area contributed by atoms with Crippen molar-refractivity contribution in [3.05, 3.63) is 47.4 Å². The molecule has 1 aliphatic heterocycles. The fourth-order valence-electron chi connectivity index (χ4n) is 2.97. The van der Waals surface area contributed by atoms with Crippen LogP contribution in [0.3, 0.4) is 0 Å². The van der Waals surface area contributed by atoms with E-state index in [-0.39, 0.29) is 12.1 Å². The number of rotatable bonds is 3. The first-order chi connectivity index (χ1) is 12.0. The summed E-state index contributed by atoms with van der Waals surface area (Å²) in [5.41, 5.74) is 2.85. The summed E-state index contributed by atoms with van der Waals surface area (Å²) in [5.74, 6) is 1.27. The maximum atomic E-state index is 12.5. The first kappa shape index (κ1) is 17.2. The lowest BCUT2D eigenvalue weighted by Gasteiger charge is -2.32. The number of nitrogens with zero attached hydrogens (tertiary/aromatic N) is 3. The van der Waals surface area contributed by atoms with Crippen molar-refractivity contribution >= 4 is 11.7 Å². The van der Waals surface area contributed by atoms with Crippen LogP contribution >= 0.6 is 0 Å². The Balaban J connectivity index is 1.60. The summed E-state index contributed by atoms with van der Waals surface area (Å²) < 4.78 is 5.99. The number of benzene rings is 1. The Labute approximate surface area is 148 Å². The van der Waals surface area contributed by atoms with Crippen LogP contribution in [-0.4, -0.2) is 40.1 Å². The van der Waals surface area contributed by atoms with Gasteiger partial charge in [-0.15, -0.1) is 0 Å². The van der Waals surface area contributed by atoms with Gasteiger partial charge in [0.15, 0.2) is 0 Å². The number of aromatic nitrogens is 2. The molecule has 25 heavy (non-hydrogen) atoms. The third kappa shape index (κ3) is 4.68. The quantitative estimate of drug-likeness (QED) is 0.929. The van der Waals surface area contributed by atoms with Crippen LogP contribution in [-0.2, 0) is 0 Å². The second kappa shape index (κ2) is 7.51. The van der Waals surface area contributed by atoms with E-state index in [1.165, 1.54) is 5.56 Å². The fourth-order valence-corrected chi connectivity index (χ4v) is 2.97. The monoisotopic (exact) mass is 340 g/mol. The molecule has 6 nitrogen and oxygen atoms in total. The van der Waals surface area contributed by atoms with Gasteiger partial charge in [-0.2, -0.15) is 4.98 Å². The zero-order chi connectivity index (χ0) is 17.8. The van der Waals surface area contributed by atoms with E-state index < -0.39 is 0 Å². The van der Waals surface area contributed by atoms with Crippen LogP contribution in [0, 0.1) is 20.8 Å². The second-order valence-electron chi connectivity index (χ2n) is 6.52. The van der Waals surface area contributed by atoms with Crippen molar-refractivity contribution in [2.45, 2.75) is 39.7 Å². The first-order valence-electron chi connectivity index (χ1n) is 8.61. The van der Waals surface area contributed by atoms with Crippen LogP contribution in [0.2, 0.25) is 0 Å². The predicted octanol–water partition coefficient (Wildman–Crippen LogP) is 3.48. The van der Waals surface area contributed by atoms with Crippen LogP contribution in [0.25, 0.3) is 0 Å². The standard InChI is InChI=1S/C19H24N4O2/c1-13-6-8-16(9-7-13)22-19(24)23-10-4-5-17(12-23)25-18-11-14(2)20-15(3)21-18/h6-9,11,17H,4-5,10,12H2,1-3H3,(H,22,24). The number of ether oxygens (including phenoxy) is 1. The van der Waals surface area contributed by atoms with Gasteiger partial charge in [0.05, 0.1) is 6.54 Å². The Morgan fingerprint density at radius 2 is 1.96 bits per heavy atom. The van der Waals surface area contributed by atoms with Crippen LogP contribution < -0.4 is 10.1 Å². The third-order valence-electron chi connectivity index (χ3n) is 4.20. The van der Waals surface area contributed by atoms with Crippen LogP contribution in [0.1, 0.15) is 29.9 Å². The molecule has 1 atom stereocenters. The first-order valence-corrected chi connectivity index (χ1v) is 8.61. The van der Waals surface area contributed by atoms with E-state index in [0.717, 1.165) is 30.8 Å². The minimum Gasteiger partial charge on any atom is -0.472 e. The number of piperidine rings is 1. The molecule has 0 spiro atoms. The van der Waals surface area contributed by atoms with Gasteiger partial charge < -0.3 is 15.0 Å². The molecule has 1 aromatic carbocycles. The fraction of sp³-hybridized carbons (Fsp3) is 0.421. The Morgan fingerprint density at radius 3 is 2.68 bits per heavy atom. The van der Waals surface area contributed by atoms with Gasteiger partial charge >= 0.3 is 6.03 Å². The average molecular weight is 340 g/mol. The minimum atomic E-state index is -0.0906. The number of aryl methyl sites for hydroxylation is 3. The lowest BCUT2D eigenvalue weighted by molar-refractivity contribution is 0.102. The summed E-state index contributed by atoms with van der Waals surface area (Å²) in [6.45, 7) is 7.08. The van der Waals surface area contributed by atoms with E-state index in [9.17, 15) is 4.79 Å². The molecular formula is C19H24N4O2. The molecule has 0 aliphatic carbocycles. The van der Waals surface area contributed by atoms with Crippen molar-refractivity contribution in [3.8, 4) is 5.88 Å². The van der Waals surface area contributed by atoms with Crippen molar-refractivity contribution in [1.29, 1.82) is 0 Å². The van der Waals surface area contributed by atoms with Crippen molar-refractivity contribution in [2.75, 3.05) is 18.4 Å². The Hall–Kier alpha value is -2.63. The van der Waals surface area contributed by atoms with Crippen molar-refractivity contribution in [2.24, 2.45) is 0 Å². The van der Waals surface area contributed by atoms with Crippen LogP contribution in [0.4, 0.5) is 10.5 Å². The molecule has 1 aromatic heterocycles. The number of nitrogens with one attached hydrogen (secondary N) is 1. The minimum absolute atomic E-state index is 0.0498. The molecule has 1 saturated heterocycles. The highest BCUT2D eigenvalue weighted by molar-refractivity contribution is 5.89. The molecule has 6 heteroatoms. The van der Waals surface area contributed by atoms with Crippen molar-refractivity contribution in [1.82, 2.24) is 14.9 Å². The molecule has 1 N–H and O–H groups in total. The Kier molecular flexibility index (Phi) is 5.16. The Bertz CT molecular complexity index is 725. The summed E-state index contributed by atoms with van der Waals surface area (Å²) in [7, 11) is 0. The summed E-state index contributed by atoms with van der Waals surface area (Å²) in [6, 6.07) is 9.54. The van der Waals surface area contributed by atoms with Gasteiger partial charge in [-0.1, -0.05) is 17.7 Å². The van der Waals surface area contributed by atoms with E-state index >= 15 is 0 Å². The molecule has 1 aliphatic rings. The predicted molar refractivity (Wildman–Crippen MR) is 96.9 cm³/mol. The van der Waals surface area contributed by atoms with E-state index in [2.05, 4.69) is 15.3 Å². The highest BCUT2D eigenvalue weighted by Gasteiger charge is 2.25. The summed E-state index contributed by atoms with van der Waals surface area (Å²) in [4.78, 5) is 22.9. The third-order valence-corrected chi connectivity index (χ3v) is 4.20. The number of hydrogen-bond acceptors (Lipinski definition) is 4. The molecule has 1 fully saturated rings. The summed E-state index contributed by atoms with van der Waals surface area (Å²) >= 11 is 0. The summed E-state index contributed by atoms with van der Waals surface area (Å²) in [5, 5.41) is 2.95. The largest absolute Gasteiger partial charge is 0.472 e. The van der Waals surface area contributed by atoms with E-state index in [4.69, 9.17) is 4.74 Å². The molecule has 0 radical (unpaired) electrons. The average Bonchev–Trinajstić information content (AvgIpc) is 2.56. The van der Waals surface area contributed by atoms with Gasteiger partial charge in [-0.25, -0.2) is 9.78 Å². The van der Waals surface area contributed by atoms with E-state index in [0.29, 0.717) is 18.2 Å². The molecule has 2 heterocycles. The lowest BCUT2D eigenvalue weighted by Crippen LogP contribution is -2.46. The molecule has 2 amide bonds. The van der Waals surface area contributed by atoms with Gasteiger partial charge in [0.25, 0.3) is 0 Å². The molecule has 0 saturated carbocycles. The number of urea groups is 1. The zero-order valence-corrected chi connectivity index (χ0v) is 15.0. The molecule has 0 bridgehead atoms. The maximum Gasteiger partial charge on any atom is 0.321 e. The van der Waals surface area contributed by atoms with E-state index in [1.807, 2.05) is 51.1 Å². The van der Waals surface area contributed by atoms with Crippen molar-refractivity contribution in [3.63, 3.8) is 0 Å². The number of carbonyl (C=O) groups excluding carboxylic acids is 1. The lowest BCUT2D eigenvalue weighted by atomic mass is 10.1. The van der Waals surface area contributed by atoms with Gasteiger partial charge in [-0.05, 0) is 45.7 Å². The highest BCUT2D eigenvalue weighted by atomic mass is 16.5. The van der Waals surface area contributed by atoms with E-state index in [1.54, 1.807) is 4.90 Å². The number of likely N-dealkylation sites (tertiary alicyclic amines) is 1. The SMILES string of the molecule is Cc1ccc(NC(=O)N2CCCC(Oc3cc(C)nc(C)n3)C2)cc1. The zero-order valence-electron chi connectivity index (χ0n) is 15.0. The van der Waals surface area contributed by atoms with Gasteiger partial charge in [0.1, 0.15) is 11.9 Å². The number of amides is 2. The second-order valence-corrected chi connectivity index (χ2v) is 6.52. The molecular weight excluding hydrogens is 316 g/mol. The van der Waals surface area contributed by atoms with Crippen LogP contribution in [0.5, 0.6) is 5.88 Å². The molecule has 3 rings (SSSR count). The number of hydrogen-bond donors (Lipinski definition) is 1. The highest BCUT2D eigenvalue weighted by Crippen LogP contribution is 2.19. The summed E-state index contributed by atoms with van der Waals surface area (Å²) in [6.07, 6.45) is 1.78. The molecule has 2 aromatic rings. The number of anilines is 1. The van der Waals surface area contributed by atoms with Crippen molar-refractivity contribution < 1.29 is 9.53 Å². The molecule has 1 unspecified atom stereocenters. The topological polar surface area (TPSA) is 67.4 Å². The Morgan fingerprint density at radius 1 is 1.20 bits per heavy atom. The van der Waals surface area contributed by atoms with Crippen LogP contribution in [0.15, 0.2) is 30.3 Å². The smallest absolute Gasteiger partial charge is 0.321 e. The number of carbonyl (C=O) groups is 1. The van der Waals surface area contributed by atoms with Gasteiger partial charge in [-0.3, -0.25) is 0 Å². The van der Waals surface area contributed by atoms with Gasteiger partial charge in [0, 0.05) is 24.0 Å². The normalized spacial score (nSPS) is 17.2.